The number of likely N-dealkylation sites (N-methyl/N-ethyl adjacent to an activating group) is 1. The van der Waals surface area contributed by atoms with Crippen molar-refractivity contribution in [3.63, 3.8) is 0 Å². The summed E-state index contributed by atoms with van der Waals surface area (Å²) in [6.45, 7) is 0.958. The van der Waals surface area contributed by atoms with E-state index in [-0.39, 0.29) is 24.6 Å². The molecular weight excluding hydrogens is 368 g/mol. The molecule has 1 aromatic rings. The lowest BCUT2D eigenvalue weighted by Crippen LogP contribution is -2.48. The van der Waals surface area contributed by atoms with E-state index in [1.54, 1.807) is 0 Å². The Labute approximate surface area is 152 Å². The zero-order valence-corrected chi connectivity index (χ0v) is 15.7. The molecule has 0 unspecified atom stereocenters. The van der Waals surface area contributed by atoms with Gasteiger partial charge in [0.05, 0.1) is 18.7 Å². The van der Waals surface area contributed by atoms with Crippen molar-refractivity contribution in [3.05, 3.63) is 28.2 Å². The summed E-state index contributed by atoms with van der Waals surface area (Å²) in [5.74, 6) is 0.867. The first-order chi connectivity index (χ1) is 11.6. The van der Waals surface area contributed by atoms with Crippen LogP contribution in [0.2, 0.25) is 0 Å². The van der Waals surface area contributed by atoms with Crippen LogP contribution in [0.5, 0.6) is 0 Å². The van der Waals surface area contributed by atoms with E-state index >= 15 is 0 Å². The lowest BCUT2D eigenvalue weighted by atomic mass is 9.82. The number of halogens is 1. The monoisotopic (exact) mass is 392 g/mol. The standard InChI is InChI=1S/C19H25BrN2O2/c1-21-16-7-6-13(20)10-15(16)18-14(17(21)11-23)8-9-22(18)19(24)12-4-2-3-5-12/h6-7,10,12,14,17-18,23H,2-5,8-9,11H2,1H3/t14-,17-,18-/m1/s1. The van der Waals surface area contributed by atoms with Gasteiger partial charge in [-0.05, 0) is 43.0 Å². The van der Waals surface area contributed by atoms with Gasteiger partial charge in [-0.2, -0.15) is 0 Å². The van der Waals surface area contributed by atoms with Crippen LogP contribution in [0.3, 0.4) is 0 Å². The molecule has 1 saturated heterocycles. The number of rotatable bonds is 2. The molecule has 1 N–H and O–H groups in total. The van der Waals surface area contributed by atoms with Gasteiger partial charge in [0.25, 0.3) is 0 Å². The van der Waals surface area contributed by atoms with E-state index < -0.39 is 0 Å². The predicted octanol–water partition coefficient (Wildman–Crippen LogP) is 3.34. The lowest BCUT2D eigenvalue weighted by Gasteiger charge is -2.44. The maximum absolute atomic E-state index is 13.1. The number of fused-ring (bicyclic) bond motifs is 3. The SMILES string of the molecule is CN1c2ccc(Br)cc2[C@H]2[C@H](CCN2C(=O)C2CCCC2)[C@H]1CO. The van der Waals surface area contributed by atoms with Crippen molar-refractivity contribution < 1.29 is 9.90 Å². The Balaban J connectivity index is 1.74. The van der Waals surface area contributed by atoms with Gasteiger partial charge >= 0.3 is 0 Å². The number of benzene rings is 1. The third-order valence-corrected chi connectivity index (χ3v) is 6.79. The van der Waals surface area contributed by atoms with E-state index in [9.17, 15) is 9.90 Å². The number of aliphatic hydroxyl groups is 1. The number of hydrogen-bond donors (Lipinski definition) is 1. The zero-order valence-electron chi connectivity index (χ0n) is 14.1. The van der Waals surface area contributed by atoms with Crippen LogP contribution in [0, 0.1) is 11.8 Å². The number of likely N-dealkylation sites (tertiary alicyclic amines) is 1. The molecule has 0 aromatic heterocycles. The van der Waals surface area contributed by atoms with Crippen LogP contribution < -0.4 is 4.90 Å². The van der Waals surface area contributed by atoms with Crippen LogP contribution in [0.1, 0.15) is 43.7 Å². The Hall–Kier alpha value is -1.07. The van der Waals surface area contributed by atoms with Gasteiger partial charge in [0.15, 0.2) is 0 Å². The quantitative estimate of drug-likeness (QED) is 0.838. The van der Waals surface area contributed by atoms with Crippen LogP contribution in [-0.2, 0) is 4.79 Å². The van der Waals surface area contributed by atoms with Gasteiger partial charge in [-0.25, -0.2) is 0 Å². The fourth-order valence-corrected chi connectivity index (χ4v) is 5.46. The van der Waals surface area contributed by atoms with E-state index in [2.05, 4.69) is 44.9 Å². The predicted molar refractivity (Wildman–Crippen MR) is 97.9 cm³/mol. The largest absolute Gasteiger partial charge is 0.394 e. The molecule has 0 radical (unpaired) electrons. The smallest absolute Gasteiger partial charge is 0.226 e. The van der Waals surface area contributed by atoms with Crippen LogP contribution in [0.15, 0.2) is 22.7 Å². The number of amides is 1. The Morgan fingerprint density at radius 2 is 2.04 bits per heavy atom. The number of carbonyl (C=O) groups excluding carboxylic acids is 1. The van der Waals surface area contributed by atoms with Gasteiger partial charge in [0.1, 0.15) is 0 Å². The van der Waals surface area contributed by atoms with E-state index in [0.29, 0.717) is 11.8 Å². The van der Waals surface area contributed by atoms with Crippen LogP contribution >= 0.6 is 15.9 Å². The molecule has 4 rings (SSSR count). The molecule has 3 aliphatic rings. The zero-order chi connectivity index (χ0) is 16.8. The molecule has 2 heterocycles. The van der Waals surface area contributed by atoms with Gasteiger partial charge in [0.2, 0.25) is 5.91 Å². The lowest BCUT2D eigenvalue weighted by molar-refractivity contribution is -0.136. The summed E-state index contributed by atoms with van der Waals surface area (Å²) < 4.78 is 1.05. The van der Waals surface area contributed by atoms with Crippen LogP contribution in [0.25, 0.3) is 0 Å². The number of carbonyl (C=O) groups is 1. The van der Waals surface area contributed by atoms with E-state index in [1.165, 1.54) is 18.4 Å². The summed E-state index contributed by atoms with van der Waals surface area (Å²) in [4.78, 5) is 17.4. The Kier molecular flexibility index (Phi) is 4.33. The van der Waals surface area contributed by atoms with Crippen molar-refractivity contribution in [3.8, 4) is 0 Å². The first-order valence-corrected chi connectivity index (χ1v) is 9.84. The summed E-state index contributed by atoms with van der Waals surface area (Å²) in [5.41, 5.74) is 2.37. The second-order valence-electron chi connectivity index (χ2n) is 7.47. The molecular formula is C19H25BrN2O2. The van der Waals surface area contributed by atoms with E-state index in [4.69, 9.17) is 0 Å². The molecule has 0 spiro atoms. The van der Waals surface area contributed by atoms with Crippen molar-refractivity contribution in [2.24, 2.45) is 11.8 Å². The third-order valence-electron chi connectivity index (χ3n) is 6.30. The fraction of sp³-hybridized carbons (Fsp3) is 0.632. The number of aliphatic hydroxyl groups excluding tert-OH is 1. The Bertz CT molecular complexity index is 644. The van der Waals surface area contributed by atoms with Gasteiger partial charge in [-0.1, -0.05) is 28.8 Å². The molecule has 3 atom stereocenters. The summed E-state index contributed by atoms with van der Waals surface area (Å²) in [6, 6.07) is 6.51. The Morgan fingerprint density at radius 3 is 2.75 bits per heavy atom. The molecule has 1 aromatic carbocycles. The molecule has 0 bridgehead atoms. The number of anilines is 1. The molecule has 5 heteroatoms. The summed E-state index contributed by atoms with van der Waals surface area (Å²) in [7, 11) is 2.06. The van der Waals surface area contributed by atoms with Crippen molar-refractivity contribution in [2.75, 3.05) is 25.1 Å². The topological polar surface area (TPSA) is 43.8 Å². The molecule has 1 saturated carbocycles. The normalized spacial score (nSPS) is 29.7. The molecule has 2 fully saturated rings. The van der Waals surface area contributed by atoms with Crippen molar-refractivity contribution in [1.82, 2.24) is 4.90 Å². The second-order valence-corrected chi connectivity index (χ2v) is 8.39. The molecule has 1 amide bonds. The second kappa shape index (κ2) is 6.34. The maximum Gasteiger partial charge on any atom is 0.226 e. The fourth-order valence-electron chi connectivity index (χ4n) is 5.08. The molecule has 130 valence electrons. The number of hydrogen-bond acceptors (Lipinski definition) is 3. The Morgan fingerprint density at radius 1 is 1.29 bits per heavy atom. The number of nitrogens with zero attached hydrogens (tertiary/aromatic N) is 2. The summed E-state index contributed by atoms with van der Waals surface area (Å²) in [5, 5.41) is 9.97. The van der Waals surface area contributed by atoms with Gasteiger partial charge < -0.3 is 14.9 Å². The average Bonchev–Trinajstić information content (AvgIpc) is 3.24. The van der Waals surface area contributed by atoms with E-state index in [1.807, 2.05) is 6.07 Å². The average molecular weight is 393 g/mol. The maximum atomic E-state index is 13.1. The minimum absolute atomic E-state index is 0.0880. The highest BCUT2D eigenvalue weighted by atomic mass is 79.9. The minimum atomic E-state index is 0.0880. The van der Waals surface area contributed by atoms with Gasteiger partial charge in [-0.15, -0.1) is 0 Å². The highest BCUT2D eigenvalue weighted by Crippen LogP contribution is 2.49. The van der Waals surface area contributed by atoms with E-state index in [0.717, 1.165) is 36.0 Å². The minimum Gasteiger partial charge on any atom is -0.394 e. The first-order valence-electron chi connectivity index (χ1n) is 9.05. The van der Waals surface area contributed by atoms with Crippen molar-refractivity contribution >= 4 is 27.5 Å². The first kappa shape index (κ1) is 16.4. The van der Waals surface area contributed by atoms with Gasteiger partial charge in [-0.3, -0.25) is 4.79 Å². The highest BCUT2D eigenvalue weighted by molar-refractivity contribution is 9.10. The van der Waals surface area contributed by atoms with Crippen molar-refractivity contribution in [1.29, 1.82) is 0 Å². The van der Waals surface area contributed by atoms with Gasteiger partial charge in [0, 0.05) is 35.6 Å². The summed E-state index contributed by atoms with van der Waals surface area (Å²) in [6.07, 6.45) is 5.43. The van der Waals surface area contributed by atoms with Crippen LogP contribution in [-0.4, -0.2) is 42.2 Å². The summed E-state index contributed by atoms with van der Waals surface area (Å²) >= 11 is 3.59. The highest BCUT2D eigenvalue weighted by Gasteiger charge is 2.48. The van der Waals surface area contributed by atoms with Crippen molar-refractivity contribution in [2.45, 2.75) is 44.2 Å². The molecule has 2 aliphatic heterocycles. The van der Waals surface area contributed by atoms with Crippen LogP contribution in [0.4, 0.5) is 5.69 Å². The third kappa shape index (κ3) is 2.48. The molecule has 24 heavy (non-hydrogen) atoms. The molecule has 1 aliphatic carbocycles. The molecule has 4 nitrogen and oxygen atoms in total.